The molecule has 7 heteroatoms. The van der Waals surface area contributed by atoms with E-state index in [0.29, 0.717) is 39.2 Å². The van der Waals surface area contributed by atoms with Crippen LogP contribution in [-0.2, 0) is 6.54 Å². The molecule has 1 aliphatic heterocycles. The second-order valence-electron chi connectivity index (χ2n) is 5.97. The van der Waals surface area contributed by atoms with Gasteiger partial charge >= 0.3 is 0 Å². The first-order chi connectivity index (χ1) is 12.6. The van der Waals surface area contributed by atoms with Crippen LogP contribution in [0, 0.1) is 11.6 Å². The molecule has 5 rings (SSSR count). The number of furan rings is 1. The lowest BCUT2D eigenvalue weighted by atomic mass is 10.1. The van der Waals surface area contributed by atoms with Gasteiger partial charge in [-0.05, 0) is 30.3 Å². The summed E-state index contributed by atoms with van der Waals surface area (Å²) >= 11 is 5.98. The number of hydrogen-bond donors (Lipinski definition) is 0. The summed E-state index contributed by atoms with van der Waals surface area (Å²) in [6.45, 7) is 0.0731. The van der Waals surface area contributed by atoms with Gasteiger partial charge in [-0.25, -0.2) is 13.8 Å². The van der Waals surface area contributed by atoms with Gasteiger partial charge in [-0.1, -0.05) is 11.6 Å². The maximum absolute atomic E-state index is 14.3. The fourth-order valence-corrected chi connectivity index (χ4v) is 3.38. The van der Waals surface area contributed by atoms with E-state index >= 15 is 0 Å². The number of pyridine rings is 1. The van der Waals surface area contributed by atoms with Gasteiger partial charge in [0, 0.05) is 29.4 Å². The van der Waals surface area contributed by atoms with Gasteiger partial charge < -0.3 is 8.98 Å². The summed E-state index contributed by atoms with van der Waals surface area (Å²) in [6, 6.07) is 9.33. The van der Waals surface area contributed by atoms with Gasteiger partial charge in [0.2, 0.25) is 5.71 Å². The average Bonchev–Trinajstić information content (AvgIpc) is 3.20. The Morgan fingerprint density at radius 3 is 2.92 bits per heavy atom. The number of halogens is 3. The molecule has 0 atom stereocenters. The van der Waals surface area contributed by atoms with E-state index in [1.807, 2.05) is 6.07 Å². The van der Waals surface area contributed by atoms with Crippen LogP contribution >= 0.6 is 11.6 Å². The highest BCUT2D eigenvalue weighted by Gasteiger charge is 2.23. The molecular formula is C19H10ClF2N3O. The van der Waals surface area contributed by atoms with Crippen LogP contribution in [0.5, 0.6) is 0 Å². The standard InChI is InChI=1S/C19H10ClF2N3O/c20-11-4-10-5-17(26-19(10)24-8-11)18-15-2-1-3-25(15)16-7-12(21)6-14(22)13(16)9-23-18/h1-8H,9H2. The van der Waals surface area contributed by atoms with Crippen molar-refractivity contribution in [1.29, 1.82) is 0 Å². The van der Waals surface area contributed by atoms with Gasteiger partial charge in [-0.15, -0.1) is 0 Å². The fraction of sp³-hybridized carbons (Fsp3) is 0.0526. The van der Waals surface area contributed by atoms with Crippen LogP contribution in [0.2, 0.25) is 5.02 Å². The normalized spacial score (nSPS) is 13.3. The predicted molar refractivity (Wildman–Crippen MR) is 94.0 cm³/mol. The van der Waals surface area contributed by atoms with Crippen molar-refractivity contribution >= 4 is 28.4 Å². The lowest BCUT2D eigenvalue weighted by molar-refractivity contribution is 0.570. The monoisotopic (exact) mass is 369 g/mol. The maximum Gasteiger partial charge on any atom is 0.226 e. The van der Waals surface area contributed by atoms with Gasteiger partial charge in [0.05, 0.1) is 22.9 Å². The van der Waals surface area contributed by atoms with Crippen molar-refractivity contribution in [2.24, 2.45) is 4.99 Å². The third-order valence-corrected chi connectivity index (χ3v) is 4.56. The molecule has 0 bridgehead atoms. The van der Waals surface area contributed by atoms with Crippen molar-refractivity contribution in [2.75, 3.05) is 0 Å². The Morgan fingerprint density at radius 2 is 2.04 bits per heavy atom. The number of aromatic nitrogens is 2. The highest BCUT2D eigenvalue weighted by atomic mass is 35.5. The van der Waals surface area contributed by atoms with E-state index in [1.54, 1.807) is 29.0 Å². The van der Waals surface area contributed by atoms with Crippen LogP contribution in [0.15, 0.2) is 58.2 Å². The highest BCUT2D eigenvalue weighted by Crippen LogP contribution is 2.29. The summed E-state index contributed by atoms with van der Waals surface area (Å²) in [4.78, 5) is 8.69. The Bertz CT molecular complexity index is 1210. The van der Waals surface area contributed by atoms with E-state index < -0.39 is 11.6 Å². The molecule has 4 heterocycles. The first-order valence-corrected chi connectivity index (χ1v) is 8.24. The summed E-state index contributed by atoms with van der Waals surface area (Å²) in [7, 11) is 0. The molecule has 4 nitrogen and oxygen atoms in total. The molecule has 26 heavy (non-hydrogen) atoms. The van der Waals surface area contributed by atoms with Gasteiger partial charge in [0.15, 0.2) is 5.76 Å². The molecule has 0 radical (unpaired) electrons. The van der Waals surface area contributed by atoms with Crippen LogP contribution in [0.3, 0.4) is 0 Å². The SMILES string of the molecule is Fc1cc(F)c2c(c1)-n1cccc1C(c1cc3cc(Cl)cnc3o1)=NC2. The molecule has 3 aromatic heterocycles. The summed E-state index contributed by atoms with van der Waals surface area (Å²) in [5.74, 6) is -0.766. The van der Waals surface area contributed by atoms with Gasteiger partial charge in [-0.2, -0.15) is 0 Å². The Hall–Kier alpha value is -2.99. The molecule has 1 aliphatic rings. The third kappa shape index (κ3) is 2.26. The molecule has 0 saturated heterocycles. The van der Waals surface area contributed by atoms with Crippen molar-refractivity contribution in [3.05, 3.63) is 82.5 Å². The lowest BCUT2D eigenvalue weighted by Crippen LogP contribution is -2.08. The third-order valence-electron chi connectivity index (χ3n) is 4.36. The van der Waals surface area contributed by atoms with E-state index in [9.17, 15) is 8.78 Å². The molecule has 0 amide bonds. The molecule has 0 aliphatic carbocycles. The average molecular weight is 370 g/mol. The van der Waals surface area contributed by atoms with E-state index in [-0.39, 0.29) is 6.54 Å². The lowest BCUT2D eigenvalue weighted by Gasteiger charge is -2.10. The van der Waals surface area contributed by atoms with Crippen LogP contribution < -0.4 is 0 Å². The van der Waals surface area contributed by atoms with E-state index in [2.05, 4.69) is 9.98 Å². The molecule has 128 valence electrons. The van der Waals surface area contributed by atoms with E-state index in [4.69, 9.17) is 16.0 Å². The fourth-order valence-electron chi connectivity index (χ4n) is 3.21. The molecule has 1 aromatic carbocycles. The number of hydrogen-bond acceptors (Lipinski definition) is 3. The minimum absolute atomic E-state index is 0.0731. The number of benzene rings is 1. The van der Waals surface area contributed by atoms with Crippen molar-refractivity contribution in [1.82, 2.24) is 9.55 Å². The number of rotatable bonds is 1. The molecule has 0 N–H and O–H groups in total. The zero-order valence-electron chi connectivity index (χ0n) is 13.2. The van der Waals surface area contributed by atoms with Crippen molar-refractivity contribution < 1.29 is 13.2 Å². The molecule has 0 unspecified atom stereocenters. The van der Waals surface area contributed by atoms with Gasteiger partial charge in [-0.3, -0.25) is 4.99 Å². The number of fused-ring (bicyclic) bond motifs is 4. The van der Waals surface area contributed by atoms with Crippen LogP contribution in [0.1, 0.15) is 17.0 Å². The largest absolute Gasteiger partial charge is 0.436 e. The van der Waals surface area contributed by atoms with E-state index in [1.165, 1.54) is 12.3 Å². The molecule has 0 spiro atoms. The molecule has 0 fully saturated rings. The van der Waals surface area contributed by atoms with E-state index in [0.717, 1.165) is 11.5 Å². The summed E-state index contributed by atoms with van der Waals surface area (Å²) < 4.78 is 35.6. The van der Waals surface area contributed by atoms with Crippen LogP contribution in [0.4, 0.5) is 8.78 Å². The minimum atomic E-state index is -0.632. The van der Waals surface area contributed by atoms with Crippen molar-refractivity contribution in [2.45, 2.75) is 6.54 Å². The Kier molecular flexibility index (Phi) is 3.24. The van der Waals surface area contributed by atoms with Crippen molar-refractivity contribution in [3.8, 4) is 5.69 Å². The highest BCUT2D eigenvalue weighted by molar-refractivity contribution is 6.31. The number of nitrogens with zero attached hydrogens (tertiary/aromatic N) is 3. The quantitative estimate of drug-likeness (QED) is 0.479. The summed E-state index contributed by atoms with van der Waals surface area (Å²) in [5.41, 5.74) is 2.41. The Labute approximate surface area is 151 Å². The van der Waals surface area contributed by atoms with Gasteiger partial charge in [0.1, 0.15) is 17.3 Å². The minimum Gasteiger partial charge on any atom is -0.436 e. The summed E-state index contributed by atoms with van der Waals surface area (Å²) in [6.07, 6.45) is 3.24. The topological polar surface area (TPSA) is 43.3 Å². The molecular weight excluding hydrogens is 360 g/mol. The van der Waals surface area contributed by atoms with Crippen molar-refractivity contribution in [3.63, 3.8) is 0 Å². The second kappa shape index (κ2) is 5.51. The Balaban J connectivity index is 1.73. The second-order valence-corrected chi connectivity index (χ2v) is 6.41. The smallest absolute Gasteiger partial charge is 0.226 e. The molecule has 0 saturated carbocycles. The maximum atomic E-state index is 14.3. The first-order valence-electron chi connectivity index (χ1n) is 7.86. The zero-order valence-corrected chi connectivity index (χ0v) is 14.0. The molecule has 4 aromatic rings. The zero-order chi connectivity index (χ0) is 17.8. The predicted octanol–water partition coefficient (Wildman–Crippen LogP) is 4.90. The first kappa shape index (κ1) is 15.3. The summed E-state index contributed by atoms with van der Waals surface area (Å²) in [5, 5.41) is 1.24. The van der Waals surface area contributed by atoms with Gasteiger partial charge in [0.25, 0.3) is 0 Å². The van der Waals surface area contributed by atoms with Crippen LogP contribution in [-0.4, -0.2) is 15.3 Å². The van der Waals surface area contributed by atoms with Crippen LogP contribution in [0.25, 0.3) is 16.8 Å². The Morgan fingerprint density at radius 1 is 1.15 bits per heavy atom. The number of aliphatic imine (C=N–C) groups is 1.